The van der Waals surface area contributed by atoms with Crippen molar-refractivity contribution in [3.63, 3.8) is 0 Å². The van der Waals surface area contributed by atoms with E-state index in [1.165, 1.54) is 0 Å². The van der Waals surface area contributed by atoms with Gasteiger partial charge >= 0.3 is 0 Å². The summed E-state index contributed by atoms with van der Waals surface area (Å²) in [5, 5.41) is 23.3. The second-order valence-electron chi connectivity index (χ2n) is 4.92. The Morgan fingerprint density at radius 1 is 1.26 bits per heavy atom. The Morgan fingerprint density at radius 3 is 2.70 bits per heavy atom. The van der Waals surface area contributed by atoms with Gasteiger partial charge in [-0.05, 0) is 25.0 Å². The fourth-order valence-corrected chi connectivity index (χ4v) is 2.05. The molecule has 1 aromatic heterocycles. The van der Waals surface area contributed by atoms with E-state index >= 15 is 0 Å². The van der Waals surface area contributed by atoms with E-state index in [0.29, 0.717) is 19.5 Å². The third-order valence-electron chi connectivity index (χ3n) is 3.20. The number of nitrogens with one attached hydrogen (secondary N) is 3. The predicted octanol–water partition coefficient (Wildman–Crippen LogP) is 2.21. The molecular weight excluding hydrogens is 405 g/mol. The van der Waals surface area contributed by atoms with Crippen molar-refractivity contribution in [2.75, 3.05) is 13.1 Å². The van der Waals surface area contributed by atoms with Crippen molar-refractivity contribution in [1.82, 2.24) is 20.8 Å². The van der Waals surface area contributed by atoms with Crippen LogP contribution >= 0.6 is 24.0 Å². The lowest BCUT2D eigenvalue weighted by atomic mass is 10.1. The number of aromatic amines is 1. The number of aliphatic hydroxyl groups excluding tert-OH is 1. The van der Waals surface area contributed by atoms with Gasteiger partial charge in [0.05, 0.1) is 18.3 Å². The Balaban J connectivity index is 0.00000264. The average Bonchev–Trinajstić information content (AvgIpc) is 3.06. The maximum absolute atomic E-state index is 10.1. The van der Waals surface area contributed by atoms with Gasteiger partial charge in [-0.25, -0.2) is 4.99 Å². The van der Waals surface area contributed by atoms with Crippen LogP contribution in [0.2, 0.25) is 0 Å². The summed E-state index contributed by atoms with van der Waals surface area (Å²) in [5.74, 6) is 0.734. The van der Waals surface area contributed by atoms with Crippen molar-refractivity contribution in [3.05, 3.63) is 53.9 Å². The van der Waals surface area contributed by atoms with Gasteiger partial charge in [0.15, 0.2) is 5.96 Å². The number of aromatic nitrogens is 2. The minimum atomic E-state index is -0.468. The van der Waals surface area contributed by atoms with Crippen molar-refractivity contribution >= 4 is 29.9 Å². The van der Waals surface area contributed by atoms with Gasteiger partial charge in [0.25, 0.3) is 0 Å². The zero-order valence-corrected chi connectivity index (χ0v) is 15.5. The molecule has 0 spiro atoms. The van der Waals surface area contributed by atoms with E-state index in [1.54, 1.807) is 6.20 Å². The van der Waals surface area contributed by atoms with Crippen LogP contribution in [0.25, 0.3) is 0 Å². The highest BCUT2D eigenvalue weighted by molar-refractivity contribution is 14.0. The molecule has 0 aliphatic heterocycles. The number of hydrogen-bond donors (Lipinski definition) is 4. The average molecular weight is 429 g/mol. The standard InChI is InChI=1S/C16H23N5O.HI/c1-2-17-16(19-12-14-8-11-20-21-14)18-10-9-15(22)13-6-4-3-5-7-13;/h3-8,11,15,22H,2,9-10,12H2,1H3,(H,20,21)(H2,17,18,19);1H. The zero-order chi connectivity index (χ0) is 15.6. The summed E-state index contributed by atoms with van der Waals surface area (Å²) >= 11 is 0. The molecule has 6 nitrogen and oxygen atoms in total. The fourth-order valence-electron chi connectivity index (χ4n) is 2.05. The molecule has 7 heteroatoms. The van der Waals surface area contributed by atoms with E-state index in [1.807, 2.05) is 43.3 Å². The number of guanidine groups is 1. The van der Waals surface area contributed by atoms with Crippen LogP contribution in [0.4, 0.5) is 0 Å². The number of halogens is 1. The molecule has 0 aliphatic carbocycles. The van der Waals surface area contributed by atoms with Crippen LogP contribution in [-0.2, 0) is 6.54 Å². The van der Waals surface area contributed by atoms with Gasteiger partial charge in [0.1, 0.15) is 0 Å². The molecule has 0 aliphatic rings. The van der Waals surface area contributed by atoms with Crippen molar-refractivity contribution in [2.45, 2.75) is 26.0 Å². The normalized spacial score (nSPS) is 12.3. The Labute approximate surface area is 153 Å². The number of aliphatic imine (C=N–C) groups is 1. The number of benzene rings is 1. The van der Waals surface area contributed by atoms with Gasteiger partial charge in [-0.15, -0.1) is 24.0 Å². The van der Waals surface area contributed by atoms with Crippen LogP contribution < -0.4 is 10.6 Å². The lowest BCUT2D eigenvalue weighted by Crippen LogP contribution is -2.38. The minimum Gasteiger partial charge on any atom is -0.388 e. The quantitative estimate of drug-likeness (QED) is 0.309. The summed E-state index contributed by atoms with van der Waals surface area (Å²) in [6.45, 7) is 3.99. The molecule has 1 aromatic carbocycles. The van der Waals surface area contributed by atoms with Crippen molar-refractivity contribution in [1.29, 1.82) is 0 Å². The zero-order valence-electron chi connectivity index (χ0n) is 13.2. The second kappa shape index (κ2) is 11.0. The molecule has 1 atom stereocenters. The molecule has 0 bridgehead atoms. The van der Waals surface area contributed by atoms with E-state index in [0.717, 1.165) is 23.8 Å². The molecule has 0 saturated heterocycles. The highest BCUT2D eigenvalue weighted by Gasteiger charge is 2.06. The lowest BCUT2D eigenvalue weighted by molar-refractivity contribution is 0.168. The minimum absolute atomic E-state index is 0. The smallest absolute Gasteiger partial charge is 0.191 e. The molecule has 1 heterocycles. The van der Waals surface area contributed by atoms with Crippen LogP contribution in [0.1, 0.15) is 30.7 Å². The summed E-state index contributed by atoms with van der Waals surface area (Å²) in [7, 11) is 0. The van der Waals surface area contributed by atoms with Crippen LogP contribution in [0.15, 0.2) is 47.6 Å². The van der Waals surface area contributed by atoms with E-state index in [4.69, 9.17) is 0 Å². The van der Waals surface area contributed by atoms with E-state index in [9.17, 15) is 5.11 Å². The Bertz CT molecular complexity index is 559. The van der Waals surface area contributed by atoms with Crippen molar-refractivity contribution < 1.29 is 5.11 Å². The molecule has 0 fully saturated rings. The molecule has 1 unspecified atom stereocenters. The van der Waals surface area contributed by atoms with Crippen LogP contribution in [0, 0.1) is 0 Å². The van der Waals surface area contributed by atoms with E-state index < -0.39 is 6.10 Å². The molecule has 126 valence electrons. The van der Waals surface area contributed by atoms with Crippen molar-refractivity contribution in [2.24, 2.45) is 4.99 Å². The number of nitrogens with zero attached hydrogens (tertiary/aromatic N) is 2. The summed E-state index contributed by atoms with van der Waals surface area (Å²) in [5.41, 5.74) is 1.89. The highest BCUT2D eigenvalue weighted by atomic mass is 127. The fraction of sp³-hybridized carbons (Fsp3) is 0.375. The summed E-state index contributed by atoms with van der Waals surface area (Å²) < 4.78 is 0. The molecule has 23 heavy (non-hydrogen) atoms. The molecule has 0 radical (unpaired) electrons. The predicted molar refractivity (Wildman–Crippen MR) is 103 cm³/mol. The van der Waals surface area contributed by atoms with Crippen molar-refractivity contribution in [3.8, 4) is 0 Å². The van der Waals surface area contributed by atoms with Gasteiger partial charge in [0.2, 0.25) is 0 Å². The number of H-pyrrole nitrogens is 1. The number of rotatable bonds is 7. The monoisotopic (exact) mass is 429 g/mol. The Hall–Kier alpha value is -1.61. The largest absolute Gasteiger partial charge is 0.388 e. The summed E-state index contributed by atoms with van der Waals surface area (Å²) in [6, 6.07) is 11.6. The highest BCUT2D eigenvalue weighted by Crippen LogP contribution is 2.14. The Kier molecular flexibility index (Phi) is 9.30. The van der Waals surface area contributed by atoms with Gasteiger partial charge in [0, 0.05) is 19.3 Å². The molecule has 0 saturated carbocycles. The van der Waals surface area contributed by atoms with Gasteiger partial charge < -0.3 is 15.7 Å². The maximum Gasteiger partial charge on any atom is 0.191 e. The first-order chi connectivity index (χ1) is 10.8. The van der Waals surface area contributed by atoms with Crippen LogP contribution in [0.3, 0.4) is 0 Å². The Morgan fingerprint density at radius 2 is 2.04 bits per heavy atom. The first-order valence-electron chi connectivity index (χ1n) is 7.53. The van der Waals surface area contributed by atoms with Gasteiger partial charge in [-0.3, -0.25) is 5.10 Å². The molecule has 4 N–H and O–H groups in total. The summed E-state index contributed by atoms with van der Waals surface area (Å²) in [6.07, 6.45) is 1.86. The topological polar surface area (TPSA) is 85.3 Å². The van der Waals surface area contributed by atoms with E-state index in [2.05, 4.69) is 25.8 Å². The van der Waals surface area contributed by atoms with Gasteiger partial charge in [-0.1, -0.05) is 30.3 Å². The molecule has 0 amide bonds. The summed E-state index contributed by atoms with van der Waals surface area (Å²) in [4.78, 5) is 4.47. The molecular formula is C16H24IN5O. The van der Waals surface area contributed by atoms with Crippen LogP contribution in [-0.4, -0.2) is 34.4 Å². The molecule has 2 rings (SSSR count). The lowest BCUT2D eigenvalue weighted by Gasteiger charge is -2.14. The van der Waals surface area contributed by atoms with E-state index in [-0.39, 0.29) is 24.0 Å². The number of hydrogen-bond acceptors (Lipinski definition) is 3. The molecule has 2 aromatic rings. The third-order valence-corrected chi connectivity index (χ3v) is 3.20. The third kappa shape index (κ3) is 7.00. The first-order valence-corrected chi connectivity index (χ1v) is 7.53. The maximum atomic E-state index is 10.1. The SMILES string of the molecule is CCNC(=NCc1ccn[nH]1)NCCC(O)c1ccccc1.I. The second-order valence-corrected chi connectivity index (χ2v) is 4.92. The van der Waals surface area contributed by atoms with Crippen LogP contribution in [0.5, 0.6) is 0 Å². The number of aliphatic hydroxyl groups is 1. The first kappa shape index (κ1) is 19.4. The van der Waals surface area contributed by atoms with Gasteiger partial charge in [-0.2, -0.15) is 5.10 Å².